The number of hydrogen-bond donors (Lipinski definition) is 2. The first kappa shape index (κ1) is 14.8. The van der Waals surface area contributed by atoms with Crippen molar-refractivity contribution >= 4 is 23.6 Å². The van der Waals surface area contributed by atoms with E-state index in [9.17, 15) is 14.7 Å². The molecule has 20 heavy (non-hydrogen) atoms. The monoisotopic (exact) mass is 299 g/mol. The maximum absolute atomic E-state index is 11.9. The Morgan fingerprint density at radius 3 is 2.70 bits per heavy atom. The zero-order valence-corrected chi connectivity index (χ0v) is 12.0. The molecule has 0 aromatic carbocycles. The molecule has 1 aromatic heterocycles. The first-order valence-corrected chi connectivity index (χ1v) is 7.59. The van der Waals surface area contributed by atoms with Gasteiger partial charge in [0, 0.05) is 12.8 Å². The van der Waals surface area contributed by atoms with Gasteiger partial charge in [-0.1, -0.05) is 5.16 Å². The third-order valence-corrected chi connectivity index (χ3v) is 4.26. The van der Waals surface area contributed by atoms with Crippen LogP contribution in [0.3, 0.4) is 0 Å². The zero-order chi connectivity index (χ0) is 14.6. The van der Waals surface area contributed by atoms with E-state index in [1.165, 1.54) is 0 Å². The molecule has 1 aliphatic rings. The fraction of sp³-hybridized carbons (Fsp3) is 0.667. The highest BCUT2D eigenvalue weighted by Crippen LogP contribution is 2.27. The predicted octanol–water partition coefficient (Wildman–Crippen LogP) is 0.777. The molecule has 2 heterocycles. The highest BCUT2D eigenvalue weighted by Gasteiger charge is 2.41. The van der Waals surface area contributed by atoms with Crippen molar-refractivity contribution in [1.82, 2.24) is 15.5 Å². The van der Waals surface area contributed by atoms with Gasteiger partial charge in [0.15, 0.2) is 5.82 Å². The van der Waals surface area contributed by atoms with Crippen molar-refractivity contribution in [2.24, 2.45) is 0 Å². The van der Waals surface area contributed by atoms with Crippen molar-refractivity contribution in [2.75, 3.05) is 11.5 Å². The molecule has 0 spiro atoms. The molecule has 0 atom stereocenters. The molecule has 1 amide bonds. The normalized spacial score (nSPS) is 17.6. The second-order valence-corrected chi connectivity index (χ2v) is 6.01. The van der Waals surface area contributed by atoms with Crippen molar-refractivity contribution in [3.05, 3.63) is 11.7 Å². The van der Waals surface area contributed by atoms with Crippen molar-refractivity contribution in [3.8, 4) is 0 Å². The van der Waals surface area contributed by atoms with Gasteiger partial charge in [-0.2, -0.15) is 16.7 Å². The van der Waals surface area contributed by atoms with Gasteiger partial charge < -0.3 is 14.9 Å². The minimum atomic E-state index is -1.12. The van der Waals surface area contributed by atoms with Crippen LogP contribution in [0.4, 0.5) is 0 Å². The first-order chi connectivity index (χ1) is 9.52. The molecule has 1 aliphatic heterocycles. The van der Waals surface area contributed by atoms with Crippen LogP contribution in [0.25, 0.3) is 0 Å². The average molecular weight is 299 g/mol. The topological polar surface area (TPSA) is 105 Å². The van der Waals surface area contributed by atoms with Gasteiger partial charge in [-0.15, -0.1) is 0 Å². The third-order valence-electron chi connectivity index (χ3n) is 3.27. The molecule has 2 N–H and O–H groups in total. The number of nitrogens with zero attached hydrogens (tertiary/aromatic N) is 2. The zero-order valence-electron chi connectivity index (χ0n) is 11.2. The molecule has 0 saturated carbocycles. The fourth-order valence-electron chi connectivity index (χ4n) is 2.10. The summed E-state index contributed by atoms with van der Waals surface area (Å²) in [6, 6.07) is 0. The quantitative estimate of drug-likeness (QED) is 0.827. The Morgan fingerprint density at radius 1 is 1.45 bits per heavy atom. The number of aryl methyl sites for hydroxylation is 2. The Morgan fingerprint density at radius 2 is 2.15 bits per heavy atom. The summed E-state index contributed by atoms with van der Waals surface area (Å²) in [6.07, 6.45) is 1.37. The van der Waals surface area contributed by atoms with E-state index in [4.69, 9.17) is 4.52 Å². The number of thioether (sulfide) groups is 1. The first-order valence-electron chi connectivity index (χ1n) is 6.43. The second kappa shape index (κ2) is 6.25. The lowest BCUT2D eigenvalue weighted by Crippen LogP contribution is -2.56. The Bertz CT molecular complexity index is 497. The lowest BCUT2D eigenvalue weighted by molar-refractivity contribution is -0.148. The van der Waals surface area contributed by atoms with E-state index in [1.54, 1.807) is 18.7 Å². The van der Waals surface area contributed by atoms with Gasteiger partial charge in [-0.05, 0) is 31.3 Å². The summed E-state index contributed by atoms with van der Waals surface area (Å²) in [7, 11) is 0. The number of carboxylic acid groups (broad SMARTS) is 1. The molecule has 0 aliphatic carbocycles. The molecule has 0 unspecified atom stereocenters. The van der Waals surface area contributed by atoms with Crippen molar-refractivity contribution in [1.29, 1.82) is 0 Å². The molecule has 0 radical (unpaired) electrons. The molecular weight excluding hydrogens is 282 g/mol. The third kappa shape index (κ3) is 3.50. The van der Waals surface area contributed by atoms with Gasteiger partial charge in [-0.25, -0.2) is 4.79 Å². The van der Waals surface area contributed by atoms with Crippen LogP contribution < -0.4 is 5.32 Å². The van der Waals surface area contributed by atoms with Crippen LogP contribution in [-0.4, -0.2) is 44.2 Å². The number of aromatic nitrogens is 2. The van der Waals surface area contributed by atoms with Crippen LogP contribution in [0.1, 0.15) is 31.0 Å². The number of aliphatic carboxylic acids is 1. The average Bonchev–Trinajstić information content (AvgIpc) is 2.83. The Hall–Kier alpha value is -1.57. The minimum Gasteiger partial charge on any atom is -0.480 e. The van der Waals surface area contributed by atoms with Gasteiger partial charge in [0.25, 0.3) is 0 Å². The number of hydrogen-bond acceptors (Lipinski definition) is 6. The summed E-state index contributed by atoms with van der Waals surface area (Å²) in [5.74, 6) is 1.15. The summed E-state index contributed by atoms with van der Waals surface area (Å²) in [6.45, 7) is 1.70. The highest BCUT2D eigenvalue weighted by molar-refractivity contribution is 7.99. The van der Waals surface area contributed by atoms with E-state index in [0.717, 1.165) is 11.5 Å². The smallest absolute Gasteiger partial charge is 0.329 e. The molecular formula is C12H17N3O4S. The number of carbonyl (C=O) groups excluding carboxylic acids is 1. The van der Waals surface area contributed by atoms with Gasteiger partial charge in [-0.3, -0.25) is 4.79 Å². The van der Waals surface area contributed by atoms with E-state index in [-0.39, 0.29) is 12.3 Å². The molecule has 1 aromatic rings. The van der Waals surface area contributed by atoms with Gasteiger partial charge in [0.2, 0.25) is 11.8 Å². The van der Waals surface area contributed by atoms with E-state index in [0.29, 0.717) is 31.0 Å². The van der Waals surface area contributed by atoms with Crippen LogP contribution in [0.2, 0.25) is 0 Å². The van der Waals surface area contributed by atoms with E-state index < -0.39 is 11.5 Å². The van der Waals surface area contributed by atoms with E-state index in [2.05, 4.69) is 15.5 Å². The summed E-state index contributed by atoms with van der Waals surface area (Å²) in [5, 5.41) is 15.7. The van der Waals surface area contributed by atoms with Gasteiger partial charge in [0.1, 0.15) is 5.54 Å². The van der Waals surface area contributed by atoms with E-state index in [1.807, 2.05) is 0 Å². The molecule has 0 bridgehead atoms. The molecule has 110 valence electrons. The maximum Gasteiger partial charge on any atom is 0.329 e. The number of carboxylic acids is 1. The number of nitrogens with one attached hydrogen (secondary N) is 1. The number of rotatable bonds is 5. The lowest BCUT2D eigenvalue weighted by Gasteiger charge is -2.33. The minimum absolute atomic E-state index is 0.143. The number of amides is 1. The van der Waals surface area contributed by atoms with Crippen LogP contribution in [0.15, 0.2) is 4.52 Å². The summed E-state index contributed by atoms with van der Waals surface area (Å²) in [5.41, 5.74) is -1.12. The molecule has 1 saturated heterocycles. The molecule has 8 heteroatoms. The van der Waals surface area contributed by atoms with Gasteiger partial charge in [0.05, 0.1) is 0 Å². The van der Waals surface area contributed by atoms with Crippen LogP contribution >= 0.6 is 11.8 Å². The summed E-state index contributed by atoms with van der Waals surface area (Å²) in [4.78, 5) is 27.4. The van der Waals surface area contributed by atoms with Crippen molar-refractivity contribution in [3.63, 3.8) is 0 Å². The summed E-state index contributed by atoms with van der Waals surface area (Å²) < 4.78 is 4.92. The SMILES string of the molecule is Cc1noc(CCC(=O)NC2(C(=O)O)CCSCC2)n1. The molecule has 1 fully saturated rings. The largest absolute Gasteiger partial charge is 0.480 e. The van der Waals surface area contributed by atoms with Crippen LogP contribution in [0.5, 0.6) is 0 Å². The van der Waals surface area contributed by atoms with Crippen molar-refractivity contribution in [2.45, 2.75) is 38.1 Å². The standard InChI is InChI=1S/C12H17N3O4S/c1-8-13-10(19-15-8)3-2-9(16)14-12(11(17)18)4-6-20-7-5-12/h2-7H2,1H3,(H,14,16)(H,17,18). The highest BCUT2D eigenvalue weighted by atomic mass is 32.2. The van der Waals surface area contributed by atoms with E-state index >= 15 is 0 Å². The molecule has 7 nitrogen and oxygen atoms in total. The van der Waals surface area contributed by atoms with Crippen LogP contribution in [-0.2, 0) is 16.0 Å². The van der Waals surface area contributed by atoms with Crippen LogP contribution in [0, 0.1) is 6.92 Å². The fourth-order valence-corrected chi connectivity index (χ4v) is 3.29. The van der Waals surface area contributed by atoms with Crippen molar-refractivity contribution < 1.29 is 19.2 Å². The molecule has 2 rings (SSSR count). The Balaban J connectivity index is 1.90. The second-order valence-electron chi connectivity index (χ2n) is 4.78. The number of carbonyl (C=O) groups is 2. The Kier molecular flexibility index (Phi) is 4.64. The summed E-state index contributed by atoms with van der Waals surface area (Å²) >= 11 is 1.71. The lowest BCUT2D eigenvalue weighted by atomic mass is 9.92. The Labute approximate surface area is 120 Å². The maximum atomic E-state index is 11.9. The van der Waals surface area contributed by atoms with Gasteiger partial charge >= 0.3 is 5.97 Å². The predicted molar refractivity (Wildman–Crippen MR) is 72.4 cm³/mol.